The lowest BCUT2D eigenvalue weighted by molar-refractivity contribution is -0.136. The SMILES string of the molecule is Cc1nn(C2CCCC2)c(C)c1CCC(=O)O. The molecule has 2 rings (SSSR count). The van der Waals surface area contributed by atoms with Gasteiger partial charge >= 0.3 is 5.97 Å². The molecule has 94 valence electrons. The number of carboxylic acid groups (broad SMARTS) is 1. The van der Waals surface area contributed by atoms with Crippen molar-refractivity contribution in [3.05, 3.63) is 17.0 Å². The number of aromatic nitrogens is 2. The van der Waals surface area contributed by atoms with Crippen LogP contribution in [0.15, 0.2) is 0 Å². The van der Waals surface area contributed by atoms with Crippen molar-refractivity contribution in [3.8, 4) is 0 Å². The summed E-state index contributed by atoms with van der Waals surface area (Å²) >= 11 is 0. The fourth-order valence-electron chi connectivity index (χ4n) is 2.80. The molecule has 1 heterocycles. The van der Waals surface area contributed by atoms with E-state index >= 15 is 0 Å². The lowest BCUT2D eigenvalue weighted by atomic mass is 10.1. The average molecular weight is 236 g/mol. The number of nitrogens with zero attached hydrogens (tertiary/aromatic N) is 2. The number of rotatable bonds is 4. The van der Waals surface area contributed by atoms with Crippen LogP contribution in [-0.4, -0.2) is 20.9 Å². The minimum Gasteiger partial charge on any atom is -0.481 e. The van der Waals surface area contributed by atoms with E-state index in [-0.39, 0.29) is 6.42 Å². The summed E-state index contributed by atoms with van der Waals surface area (Å²) in [4.78, 5) is 10.6. The first-order valence-electron chi connectivity index (χ1n) is 6.36. The number of hydrogen-bond donors (Lipinski definition) is 1. The van der Waals surface area contributed by atoms with Crippen LogP contribution in [-0.2, 0) is 11.2 Å². The van der Waals surface area contributed by atoms with E-state index < -0.39 is 5.97 Å². The first-order valence-corrected chi connectivity index (χ1v) is 6.36. The van der Waals surface area contributed by atoms with Gasteiger partial charge in [0.15, 0.2) is 0 Å². The molecule has 17 heavy (non-hydrogen) atoms. The summed E-state index contributed by atoms with van der Waals surface area (Å²) in [5.74, 6) is -0.739. The van der Waals surface area contributed by atoms with Crippen molar-refractivity contribution in [1.29, 1.82) is 0 Å². The Kier molecular flexibility index (Phi) is 3.50. The molecule has 0 unspecified atom stereocenters. The Bertz CT molecular complexity index is 417. The summed E-state index contributed by atoms with van der Waals surface area (Å²) in [6.45, 7) is 4.05. The van der Waals surface area contributed by atoms with Gasteiger partial charge in [-0.2, -0.15) is 5.10 Å². The van der Waals surface area contributed by atoms with Gasteiger partial charge < -0.3 is 5.11 Å². The van der Waals surface area contributed by atoms with E-state index in [0.717, 1.165) is 17.0 Å². The molecule has 0 spiro atoms. The Morgan fingerprint density at radius 3 is 2.65 bits per heavy atom. The highest BCUT2D eigenvalue weighted by molar-refractivity contribution is 5.67. The molecule has 1 N–H and O–H groups in total. The van der Waals surface area contributed by atoms with Crippen LogP contribution < -0.4 is 0 Å². The van der Waals surface area contributed by atoms with Crippen LogP contribution in [0.2, 0.25) is 0 Å². The van der Waals surface area contributed by atoms with Gasteiger partial charge in [-0.05, 0) is 38.7 Å². The summed E-state index contributed by atoms with van der Waals surface area (Å²) in [6, 6.07) is 0.535. The second-order valence-corrected chi connectivity index (χ2v) is 4.93. The normalized spacial score (nSPS) is 16.6. The molecule has 4 heteroatoms. The van der Waals surface area contributed by atoms with Gasteiger partial charge in [-0.15, -0.1) is 0 Å². The second kappa shape index (κ2) is 4.90. The van der Waals surface area contributed by atoms with Gasteiger partial charge in [0.05, 0.1) is 11.7 Å². The monoisotopic (exact) mass is 236 g/mol. The maximum atomic E-state index is 10.6. The van der Waals surface area contributed by atoms with Crippen molar-refractivity contribution >= 4 is 5.97 Å². The molecule has 0 aliphatic heterocycles. The molecule has 1 aromatic rings. The Morgan fingerprint density at radius 1 is 1.41 bits per heavy atom. The van der Waals surface area contributed by atoms with Crippen LogP contribution in [0.3, 0.4) is 0 Å². The summed E-state index contributed by atoms with van der Waals surface area (Å²) in [7, 11) is 0. The second-order valence-electron chi connectivity index (χ2n) is 4.93. The Hall–Kier alpha value is -1.32. The topological polar surface area (TPSA) is 55.1 Å². The van der Waals surface area contributed by atoms with Gasteiger partial charge in [0.2, 0.25) is 0 Å². The molecule has 4 nitrogen and oxygen atoms in total. The zero-order chi connectivity index (χ0) is 12.4. The van der Waals surface area contributed by atoms with Gasteiger partial charge in [0.25, 0.3) is 0 Å². The van der Waals surface area contributed by atoms with E-state index in [4.69, 9.17) is 5.11 Å². The highest BCUT2D eigenvalue weighted by Crippen LogP contribution is 2.31. The first-order chi connectivity index (χ1) is 8.09. The molecule has 0 bridgehead atoms. The molecule has 0 atom stereocenters. The Labute approximate surface area is 102 Å². The minimum absolute atomic E-state index is 0.192. The maximum Gasteiger partial charge on any atom is 0.303 e. The first kappa shape index (κ1) is 12.1. The van der Waals surface area contributed by atoms with E-state index in [1.807, 2.05) is 6.92 Å². The van der Waals surface area contributed by atoms with Crippen LogP contribution in [0.1, 0.15) is 55.1 Å². The number of hydrogen-bond acceptors (Lipinski definition) is 2. The van der Waals surface area contributed by atoms with Crippen molar-refractivity contribution in [2.45, 2.75) is 58.4 Å². The van der Waals surface area contributed by atoms with Crippen LogP contribution in [0.4, 0.5) is 0 Å². The van der Waals surface area contributed by atoms with Crippen molar-refractivity contribution in [2.75, 3.05) is 0 Å². The third-order valence-corrected chi connectivity index (χ3v) is 3.73. The Balaban J connectivity index is 2.18. The number of aryl methyl sites for hydroxylation is 1. The zero-order valence-corrected chi connectivity index (χ0v) is 10.6. The predicted molar refractivity (Wildman–Crippen MR) is 65.2 cm³/mol. The van der Waals surface area contributed by atoms with Gasteiger partial charge in [-0.25, -0.2) is 0 Å². The third-order valence-electron chi connectivity index (χ3n) is 3.73. The zero-order valence-electron chi connectivity index (χ0n) is 10.6. The molecule has 1 fully saturated rings. The van der Waals surface area contributed by atoms with Gasteiger partial charge in [-0.1, -0.05) is 12.8 Å². The standard InChI is InChI=1S/C13H20N2O2/c1-9-12(7-8-13(16)17)10(2)15(14-9)11-5-3-4-6-11/h11H,3-8H2,1-2H3,(H,16,17). The van der Waals surface area contributed by atoms with E-state index in [1.165, 1.54) is 25.7 Å². The molecule has 1 saturated carbocycles. The van der Waals surface area contributed by atoms with E-state index in [1.54, 1.807) is 0 Å². The van der Waals surface area contributed by atoms with E-state index in [0.29, 0.717) is 12.5 Å². The summed E-state index contributed by atoms with van der Waals surface area (Å²) in [6.07, 6.45) is 5.78. The van der Waals surface area contributed by atoms with Crippen LogP contribution in [0.25, 0.3) is 0 Å². The van der Waals surface area contributed by atoms with Crippen LogP contribution in [0, 0.1) is 13.8 Å². The quantitative estimate of drug-likeness (QED) is 0.874. The average Bonchev–Trinajstić information content (AvgIpc) is 2.85. The molecule has 1 aromatic heterocycles. The van der Waals surface area contributed by atoms with Crippen molar-refractivity contribution in [2.24, 2.45) is 0 Å². The van der Waals surface area contributed by atoms with Crippen LogP contribution in [0.5, 0.6) is 0 Å². The number of carboxylic acids is 1. The van der Waals surface area contributed by atoms with Gasteiger partial charge in [0, 0.05) is 12.1 Å². The summed E-state index contributed by atoms with van der Waals surface area (Å²) < 4.78 is 2.12. The summed E-state index contributed by atoms with van der Waals surface area (Å²) in [5, 5.41) is 13.3. The van der Waals surface area contributed by atoms with Crippen molar-refractivity contribution < 1.29 is 9.90 Å². The lowest BCUT2D eigenvalue weighted by Crippen LogP contribution is -2.09. The maximum absolute atomic E-state index is 10.6. The molecule has 0 radical (unpaired) electrons. The fraction of sp³-hybridized carbons (Fsp3) is 0.692. The van der Waals surface area contributed by atoms with Crippen molar-refractivity contribution in [3.63, 3.8) is 0 Å². The number of carbonyl (C=O) groups is 1. The Morgan fingerprint density at radius 2 is 2.06 bits per heavy atom. The highest BCUT2D eigenvalue weighted by atomic mass is 16.4. The molecule has 1 aliphatic carbocycles. The van der Waals surface area contributed by atoms with Crippen molar-refractivity contribution in [1.82, 2.24) is 9.78 Å². The van der Waals surface area contributed by atoms with Crippen LogP contribution >= 0.6 is 0 Å². The predicted octanol–water partition coefficient (Wildman–Crippen LogP) is 2.63. The van der Waals surface area contributed by atoms with E-state index in [9.17, 15) is 4.79 Å². The molecule has 0 amide bonds. The lowest BCUT2D eigenvalue weighted by Gasteiger charge is -2.12. The molecule has 1 aliphatic rings. The molecular formula is C13H20N2O2. The minimum atomic E-state index is -0.739. The summed E-state index contributed by atoms with van der Waals surface area (Å²) in [5.41, 5.74) is 3.28. The largest absolute Gasteiger partial charge is 0.481 e. The molecular weight excluding hydrogens is 216 g/mol. The third kappa shape index (κ3) is 2.51. The van der Waals surface area contributed by atoms with E-state index in [2.05, 4.69) is 16.7 Å². The van der Waals surface area contributed by atoms with Gasteiger partial charge in [-0.3, -0.25) is 9.48 Å². The van der Waals surface area contributed by atoms with Gasteiger partial charge in [0.1, 0.15) is 0 Å². The number of aliphatic carboxylic acids is 1. The highest BCUT2D eigenvalue weighted by Gasteiger charge is 2.22. The molecule has 0 saturated heterocycles. The molecule has 0 aromatic carbocycles. The fourth-order valence-corrected chi connectivity index (χ4v) is 2.80. The smallest absolute Gasteiger partial charge is 0.303 e.